The summed E-state index contributed by atoms with van der Waals surface area (Å²) in [6.07, 6.45) is 110. The molecule has 0 amide bonds. The van der Waals surface area contributed by atoms with E-state index in [0.29, 0.717) is 17.4 Å². The average molecular weight is 1430 g/mol. The van der Waals surface area contributed by atoms with Crippen LogP contribution in [0.15, 0.2) is 60.8 Å². The van der Waals surface area contributed by atoms with Gasteiger partial charge in [-0.15, -0.1) is 0 Å². The van der Waals surface area contributed by atoms with Gasteiger partial charge in [-0.05, 0) is 77.0 Å². The fraction of sp³-hybridized carbons (Fsp3) is 0.867. The van der Waals surface area contributed by atoms with E-state index in [1.54, 1.807) is 0 Å². The second kappa shape index (κ2) is 80.8. The van der Waals surface area contributed by atoms with Gasteiger partial charge >= 0.3 is 11.9 Å². The third-order valence-electron chi connectivity index (χ3n) is 20.0. The average Bonchev–Trinajstić information content (AvgIpc) is 1.02. The van der Waals surface area contributed by atoms with Gasteiger partial charge < -0.3 is 27.9 Å². The molecule has 2 atom stereocenters. The predicted octanol–water partition coefficient (Wildman–Crippen LogP) is 29.0. The highest BCUT2D eigenvalue weighted by molar-refractivity contribution is 7.45. The van der Waals surface area contributed by atoms with Crippen LogP contribution in [0.1, 0.15) is 450 Å². The molecular weight excluding hydrogens is 1250 g/mol. The fourth-order valence-electron chi connectivity index (χ4n) is 13.4. The van der Waals surface area contributed by atoms with E-state index in [2.05, 4.69) is 74.6 Å². The van der Waals surface area contributed by atoms with Crippen LogP contribution >= 0.6 is 7.82 Å². The Morgan fingerprint density at radius 2 is 0.570 bits per heavy atom. The molecule has 2 unspecified atom stereocenters. The van der Waals surface area contributed by atoms with Crippen molar-refractivity contribution in [2.75, 3.05) is 47.5 Å². The van der Waals surface area contributed by atoms with Gasteiger partial charge in [0.1, 0.15) is 19.8 Å². The first-order valence-corrected chi connectivity index (χ1v) is 45.5. The number of hydrogen-bond donors (Lipinski definition) is 0. The summed E-state index contributed by atoms with van der Waals surface area (Å²) in [5.74, 6) is -0.806. The molecule has 10 heteroatoms. The Morgan fingerprint density at radius 3 is 0.860 bits per heavy atom. The lowest BCUT2D eigenvalue weighted by atomic mass is 10.0. The van der Waals surface area contributed by atoms with Crippen LogP contribution in [-0.2, 0) is 32.7 Å². The van der Waals surface area contributed by atoms with Gasteiger partial charge in [-0.1, -0.05) is 421 Å². The number of nitrogens with zero attached hydrogens (tertiary/aromatic N) is 1. The van der Waals surface area contributed by atoms with Crippen molar-refractivity contribution < 1.29 is 42.1 Å². The van der Waals surface area contributed by atoms with Gasteiger partial charge in [-0.3, -0.25) is 14.2 Å². The molecule has 0 aliphatic rings. The zero-order valence-corrected chi connectivity index (χ0v) is 68.3. The van der Waals surface area contributed by atoms with Gasteiger partial charge in [0.15, 0.2) is 6.10 Å². The number of carbonyl (C=O) groups excluding carboxylic acids is 2. The van der Waals surface area contributed by atoms with Crippen LogP contribution in [-0.4, -0.2) is 70.0 Å². The van der Waals surface area contributed by atoms with E-state index in [-0.39, 0.29) is 32.0 Å². The lowest BCUT2D eigenvalue weighted by Crippen LogP contribution is -2.37. The molecular formula is C90H170NO8P. The SMILES string of the molecule is CC/C=C\C/C=C\C/C=C\C/C=C\CCCCCCCCCCCCCCCCCCCCCCCCCCC(=O)OC(COC(=O)CCCCCCCCCCCCCCCCCCCCCCCCCCCCC/C=C\CCCCCCCCCC)COP(=O)([O-])OCC[N+](C)(C)C. The maximum absolute atomic E-state index is 12.9. The first-order valence-electron chi connectivity index (χ1n) is 44.0. The molecule has 100 heavy (non-hydrogen) atoms. The van der Waals surface area contributed by atoms with Crippen molar-refractivity contribution >= 4 is 19.8 Å². The number of unbranched alkanes of at least 4 members (excludes halogenated alkanes) is 59. The Labute approximate surface area is 623 Å². The van der Waals surface area contributed by atoms with Crippen LogP contribution in [0.3, 0.4) is 0 Å². The molecule has 0 aromatic heterocycles. The second-order valence-electron chi connectivity index (χ2n) is 31.2. The normalized spacial score (nSPS) is 13.2. The monoisotopic (exact) mass is 1420 g/mol. The summed E-state index contributed by atoms with van der Waals surface area (Å²) in [6, 6.07) is 0. The number of esters is 2. The summed E-state index contributed by atoms with van der Waals surface area (Å²) in [4.78, 5) is 38.3. The number of ether oxygens (including phenoxy) is 2. The van der Waals surface area contributed by atoms with Crippen LogP contribution in [0.25, 0.3) is 0 Å². The fourth-order valence-corrected chi connectivity index (χ4v) is 14.1. The number of hydrogen-bond acceptors (Lipinski definition) is 8. The quantitative estimate of drug-likeness (QED) is 0.0195. The number of phosphoric acid groups is 1. The van der Waals surface area contributed by atoms with Gasteiger partial charge in [-0.25, -0.2) is 0 Å². The Balaban J connectivity index is 3.85. The first kappa shape index (κ1) is 97.7. The summed E-state index contributed by atoms with van der Waals surface area (Å²) in [7, 11) is 1.19. The summed E-state index contributed by atoms with van der Waals surface area (Å²) in [5, 5.41) is 0. The van der Waals surface area contributed by atoms with Crippen LogP contribution in [0.5, 0.6) is 0 Å². The number of phosphoric ester groups is 1. The molecule has 0 N–H and O–H groups in total. The molecule has 0 heterocycles. The van der Waals surface area contributed by atoms with E-state index in [4.69, 9.17) is 18.5 Å². The Hall–Kier alpha value is -2.29. The minimum atomic E-state index is -4.65. The van der Waals surface area contributed by atoms with Crippen LogP contribution in [0, 0.1) is 0 Å². The summed E-state index contributed by atoms with van der Waals surface area (Å²) >= 11 is 0. The van der Waals surface area contributed by atoms with Crippen molar-refractivity contribution in [1.29, 1.82) is 0 Å². The van der Waals surface area contributed by atoms with Crippen LogP contribution in [0.2, 0.25) is 0 Å². The summed E-state index contributed by atoms with van der Waals surface area (Å²) in [6.45, 7) is 4.21. The van der Waals surface area contributed by atoms with Gasteiger partial charge in [0.05, 0.1) is 27.7 Å². The summed E-state index contributed by atoms with van der Waals surface area (Å²) < 4.78 is 34.5. The maximum Gasteiger partial charge on any atom is 0.306 e. The lowest BCUT2D eigenvalue weighted by Gasteiger charge is -2.28. The van der Waals surface area contributed by atoms with Crippen LogP contribution < -0.4 is 4.89 Å². The molecule has 0 fully saturated rings. The lowest BCUT2D eigenvalue weighted by molar-refractivity contribution is -0.870. The molecule has 0 saturated heterocycles. The predicted molar refractivity (Wildman–Crippen MR) is 434 cm³/mol. The molecule has 0 aromatic carbocycles. The minimum absolute atomic E-state index is 0.0277. The molecule has 0 rings (SSSR count). The molecule has 0 aromatic rings. The van der Waals surface area contributed by atoms with Gasteiger partial charge in [0.2, 0.25) is 0 Å². The highest BCUT2D eigenvalue weighted by atomic mass is 31.2. The van der Waals surface area contributed by atoms with E-state index in [9.17, 15) is 19.0 Å². The number of likely N-dealkylation sites (N-methyl/N-ethyl adjacent to an activating group) is 1. The van der Waals surface area contributed by atoms with Crippen molar-refractivity contribution in [3.63, 3.8) is 0 Å². The molecule has 0 spiro atoms. The van der Waals surface area contributed by atoms with E-state index < -0.39 is 26.5 Å². The van der Waals surface area contributed by atoms with Gasteiger partial charge in [0.25, 0.3) is 7.82 Å². The first-order chi connectivity index (χ1) is 49.0. The van der Waals surface area contributed by atoms with Crippen LogP contribution in [0.4, 0.5) is 0 Å². The molecule has 0 aliphatic heterocycles. The van der Waals surface area contributed by atoms with E-state index in [1.807, 2.05) is 21.1 Å². The number of carbonyl (C=O) groups is 2. The minimum Gasteiger partial charge on any atom is -0.756 e. The number of quaternary nitrogens is 1. The zero-order valence-electron chi connectivity index (χ0n) is 67.4. The van der Waals surface area contributed by atoms with E-state index in [0.717, 1.165) is 57.8 Å². The topological polar surface area (TPSA) is 111 Å². The smallest absolute Gasteiger partial charge is 0.306 e. The van der Waals surface area contributed by atoms with Crippen molar-refractivity contribution in [3.05, 3.63) is 60.8 Å². The van der Waals surface area contributed by atoms with Gasteiger partial charge in [0, 0.05) is 12.8 Å². The standard InChI is InChI=1S/C90H170NO8P/c1-6-8-10-12-14-16-18-20-22-24-26-28-30-32-34-36-38-40-42-44-45-47-48-50-52-54-56-58-60-62-64-66-68-70-72-74-76-78-80-82-89(92)96-86-88(87-98-100(94,95)97-85-84-91(3,4)5)99-90(93)83-81-79-77-75-73-71-69-67-65-63-61-59-57-55-53-51-49-46-43-41-39-37-35-33-31-29-27-25-23-21-19-17-15-13-11-9-7-2/h9,11,15,17,21,23-24,26-27,29,88H,6-8,10,12-14,16,18-20,22,25,28,30-87H2,1-5H3/b11-9-,17-15-,23-21-,26-24-,29-27-. The second-order valence-corrected chi connectivity index (χ2v) is 32.6. The van der Waals surface area contributed by atoms with Crippen molar-refractivity contribution in [2.24, 2.45) is 0 Å². The maximum atomic E-state index is 12.9. The summed E-state index contributed by atoms with van der Waals surface area (Å²) in [5.41, 5.74) is 0. The third-order valence-corrected chi connectivity index (χ3v) is 21.0. The van der Waals surface area contributed by atoms with E-state index in [1.165, 1.54) is 360 Å². The Bertz CT molecular complexity index is 1870. The molecule has 0 aliphatic carbocycles. The molecule has 588 valence electrons. The highest BCUT2D eigenvalue weighted by Gasteiger charge is 2.22. The Morgan fingerprint density at radius 1 is 0.320 bits per heavy atom. The molecule has 0 bridgehead atoms. The largest absolute Gasteiger partial charge is 0.756 e. The third kappa shape index (κ3) is 84.6. The van der Waals surface area contributed by atoms with Crippen molar-refractivity contribution in [2.45, 2.75) is 457 Å². The number of allylic oxidation sites excluding steroid dienone is 10. The number of rotatable bonds is 83. The molecule has 9 nitrogen and oxygen atoms in total. The molecule has 0 saturated carbocycles. The van der Waals surface area contributed by atoms with Crippen molar-refractivity contribution in [1.82, 2.24) is 0 Å². The van der Waals surface area contributed by atoms with Crippen molar-refractivity contribution in [3.8, 4) is 0 Å². The molecule has 0 radical (unpaired) electrons. The highest BCUT2D eigenvalue weighted by Crippen LogP contribution is 2.38. The Kier molecular flexibility index (Phi) is 78.9. The zero-order chi connectivity index (χ0) is 72.5. The van der Waals surface area contributed by atoms with Gasteiger partial charge in [-0.2, -0.15) is 0 Å². The van der Waals surface area contributed by atoms with E-state index >= 15 is 0 Å².